The molecule has 1 aliphatic rings. The minimum Gasteiger partial charge on any atom is -0.382 e. The van der Waals surface area contributed by atoms with Crippen molar-refractivity contribution in [1.29, 1.82) is 0 Å². The van der Waals surface area contributed by atoms with Crippen molar-refractivity contribution < 1.29 is 0 Å². The van der Waals surface area contributed by atoms with Gasteiger partial charge in [0.25, 0.3) is 0 Å². The third-order valence-corrected chi connectivity index (χ3v) is 5.06. The molecule has 0 aromatic carbocycles. The molecule has 0 atom stereocenters. The molecule has 0 radical (unpaired) electrons. The lowest BCUT2D eigenvalue weighted by molar-refractivity contribution is 0.151. The van der Waals surface area contributed by atoms with Crippen molar-refractivity contribution in [1.82, 2.24) is 39.3 Å². The summed E-state index contributed by atoms with van der Waals surface area (Å²) in [4.78, 5) is 35.8. The van der Waals surface area contributed by atoms with Crippen LogP contribution in [0.5, 0.6) is 0 Å². The Balaban J connectivity index is 1.46. The molecule has 10 heteroatoms. The second-order valence-corrected chi connectivity index (χ2v) is 7.00. The zero-order valence-corrected chi connectivity index (χ0v) is 15.5. The standard InChI is InChI=1S/C17H25N9O/c1-24-8-10-25(11-9-24)6-2-3-7-26-16-12(21-17(26)27)13(18)22-15(23-16)14-19-4-5-20-14/h4-5H,2-3,6-11H2,1H3,(H,19,20)(H,21,27)(H2,18,22,23). The summed E-state index contributed by atoms with van der Waals surface area (Å²) >= 11 is 0. The Labute approximate surface area is 156 Å². The van der Waals surface area contributed by atoms with Crippen LogP contribution in [0, 0.1) is 0 Å². The van der Waals surface area contributed by atoms with Gasteiger partial charge in [-0.1, -0.05) is 0 Å². The lowest BCUT2D eigenvalue weighted by Gasteiger charge is -2.32. The van der Waals surface area contributed by atoms with E-state index in [-0.39, 0.29) is 11.5 Å². The Kier molecular flexibility index (Phi) is 4.90. The normalized spacial score (nSPS) is 16.3. The number of rotatable bonds is 6. The Morgan fingerprint density at radius 1 is 1.15 bits per heavy atom. The average molecular weight is 371 g/mol. The van der Waals surface area contributed by atoms with E-state index in [4.69, 9.17) is 5.73 Å². The number of likely N-dealkylation sites (N-methyl/N-ethyl adjacent to an activating group) is 1. The van der Waals surface area contributed by atoms with Crippen molar-refractivity contribution in [2.75, 3.05) is 45.5 Å². The molecule has 1 aliphatic heterocycles. The van der Waals surface area contributed by atoms with E-state index in [1.807, 2.05) is 0 Å². The summed E-state index contributed by atoms with van der Waals surface area (Å²) in [5.41, 5.74) is 6.82. The number of H-pyrrole nitrogens is 2. The number of nitrogens with two attached hydrogens (primary N) is 1. The molecular formula is C17H25N9O. The van der Waals surface area contributed by atoms with Crippen LogP contribution in [0.2, 0.25) is 0 Å². The highest BCUT2D eigenvalue weighted by atomic mass is 16.1. The molecule has 4 heterocycles. The van der Waals surface area contributed by atoms with Gasteiger partial charge in [-0.3, -0.25) is 4.57 Å². The van der Waals surface area contributed by atoms with Gasteiger partial charge < -0.3 is 25.5 Å². The number of aromatic nitrogens is 6. The molecule has 0 bridgehead atoms. The molecule has 144 valence electrons. The highest BCUT2D eigenvalue weighted by molar-refractivity contribution is 5.83. The van der Waals surface area contributed by atoms with Crippen LogP contribution >= 0.6 is 0 Å². The van der Waals surface area contributed by atoms with E-state index in [1.54, 1.807) is 17.0 Å². The first-order valence-electron chi connectivity index (χ1n) is 9.28. The number of piperazine rings is 1. The molecule has 27 heavy (non-hydrogen) atoms. The van der Waals surface area contributed by atoms with E-state index in [9.17, 15) is 4.79 Å². The Morgan fingerprint density at radius 3 is 2.67 bits per heavy atom. The summed E-state index contributed by atoms with van der Waals surface area (Å²) in [6.07, 6.45) is 5.26. The maximum absolute atomic E-state index is 12.4. The van der Waals surface area contributed by atoms with E-state index >= 15 is 0 Å². The van der Waals surface area contributed by atoms with Gasteiger partial charge in [-0.15, -0.1) is 0 Å². The Bertz CT molecular complexity index is 951. The van der Waals surface area contributed by atoms with Gasteiger partial charge in [-0.05, 0) is 26.4 Å². The van der Waals surface area contributed by atoms with Crippen LogP contribution in [0.15, 0.2) is 17.2 Å². The number of imidazole rings is 2. The molecule has 0 amide bonds. The summed E-state index contributed by atoms with van der Waals surface area (Å²) in [7, 11) is 2.16. The minimum atomic E-state index is -0.206. The van der Waals surface area contributed by atoms with Crippen molar-refractivity contribution in [3.8, 4) is 11.6 Å². The monoisotopic (exact) mass is 371 g/mol. The molecule has 0 unspecified atom stereocenters. The highest BCUT2D eigenvalue weighted by Crippen LogP contribution is 2.19. The zero-order chi connectivity index (χ0) is 18.8. The summed E-state index contributed by atoms with van der Waals surface area (Å²) in [5, 5.41) is 0. The molecule has 1 fully saturated rings. The second kappa shape index (κ2) is 7.49. The van der Waals surface area contributed by atoms with Gasteiger partial charge in [0.2, 0.25) is 0 Å². The number of nitrogen functional groups attached to an aromatic ring is 1. The lowest BCUT2D eigenvalue weighted by Crippen LogP contribution is -2.44. The maximum Gasteiger partial charge on any atom is 0.327 e. The molecule has 0 spiro atoms. The number of nitrogens with zero attached hydrogens (tertiary/aromatic N) is 6. The van der Waals surface area contributed by atoms with Crippen LogP contribution in [-0.4, -0.2) is 79.1 Å². The van der Waals surface area contributed by atoms with Gasteiger partial charge in [0.05, 0.1) is 0 Å². The quantitative estimate of drug-likeness (QED) is 0.526. The van der Waals surface area contributed by atoms with Crippen molar-refractivity contribution >= 4 is 17.0 Å². The first-order valence-corrected chi connectivity index (χ1v) is 9.28. The number of fused-ring (bicyclic) bond motifs is 1. The molecule has 4 N–H and O–H groups in total. The summed E-state index contributed by atoms with van der Waals surface area (Å²) < 4.78 is 1.64. The Morgan fingerprint density at radius 2 is 1.93 bits per heavy atom. The fourth-order valence-electron chi connectivity index (χ4n) is 3.43. The number of hydrogen-bond donors (Lipinski definition) is 3. The minimum absolute atomic E-state index is 0.206. The Hall–Kier alpha value is -2.72. The predicted octanol–water partition coefficient (Wildman–Crippen LogP) is 0.120. The summed E-state index contributed by atoms with van der Waals surface area (Å²) in [6.45, 7) is 6.11. The maximum atomic E-state index is 12.4. The predicted molar refractivity (Wildman–Crippen MR) is 103 cm³/mol. The van der Waals surface area contributed by atoms with Gasteiger partial charge in [0.1, 0.15) is 5.52 Å². The molecule has 1 saturated heterocycles. The average Bonchev–Trinajstić information content (AvgIpc) is 3.29. The van der Waals surface area contributed by atoms with Gasteiger partial charge in [-0.25, -0.2) is 19.7 Å². The molecule has 10 nitrogen and oxygen atoms in total. The first-order chi connectivity index (χ1) is 13.1. The third kappa shape index (κ3) is 3.71. The fourth-order valence-corrected chi connectivity index (χ4v) is 3.43. The number of unbranched alkanes of at least 4 members (excludes halogenated alkanes) is 1. The summed E-state index contributed by atoms with van der Waals surface area (Å²) in [5.74, 6) is 1.16. The SMILES string of the molecule is CN1CCN(CCCCn2c(=O)[nH]c3c(N)nc(-c4ncc[nH]4)nc32)CC1. The number of aromatic amines is 2. The van der Waals surface area contributed by atoms with Gasteiger partial charge in [0, 0.05) is 45.1 Å². The molecule has 0 aliphatic carbocycles. The van der Waals surface area contributed by atoms with E-state index in [2.05, 4.69) is 41.8 Å². The van der Waals surface area contributed by atoms with Crippen LogP contribution in [0.1, 0.15) is 12.8 Å². The van der Waals surface area contributed by atoms with Gasteiger partial charge >= 0.3 is 5.69 Å². The van der Waals surface area contributed by atoms with Gasteiger partial charge in [0.15, 0.2) is 23.1 Å². The highest BCUT2D eigenvalue weighted by Gasteiger charge is 2.16. The smallest absolute Gasteiger partial charge is 0.327 e. The first kappa shape index (κ1) is 17.7. The number of nitrogens with one attached hydrogen (secondary N) is 2. The number of anilines is 1. The fraction of sp³-hybridized carbons (Fsp3) is 0.529. The van der Waals surface area contributed by atoms with Gasteiger partial charge in [-0.2, -0.15) is 0 Å². The lowest BCUT2D eigenvalue weighted by atomic mass is 10.2. The van der Waals surface area contributed by atoms with Crippen molar-refractivity contribution in [2.45, 2.75) is 19.4 Å². The molecule has 3 aromatic rings. The van der Waals surface area contributed by atoms with E-state index in [0.717, 1.165) is 45.6 Å². The number of aryl methyl sites for hydroxylation is 1. The van der Waals surface area contributed by atoms with Crippen LogP contribution in [0.3, 0.4) is 0 Å². The number of hydrogen-bond acceptors (Lipinski definition) is 7. The van der Waals surface area contributed by atoms with E-state index in [0.29, 0.717) is 29.4 Å². The van der Waals surface area contributed by atoms with E-state index < -0.39 is 0 Å². The third-order valence-electron chi connectivity index (χ3n) is 5.06. The molecular weight excluding hydrogens is 346 g/mol. The topological polar surface area (TPSA) is 125 Å². The van der Waals surface area contributed by atoms with Crippen molar-refractivity contribution in [2.24, 2.45) is 0 Å². The van der Waals surface area contributed by atoms with E-state index in [1.165, 1.54) is 0 Å². The summed E-state index contributed by atoms with van der Waals surface area (Å²) in [6, 6.07) is 0. The van der Waals surface area contributed by atoms with Crippen LogP contribution in [0.25, 0.3) is 22.8 Å². The van der Waals surface area contributed by atoms with Crippen LogP contribution in [0.4, 0.5) is 5.82 Å². The zero-order valence-electron chi connectivity index (χ0n) is 15.5. The largest absolute Gasteiger partial charge is 0.382 e. The van der Waals surface area contributed by atoms with Crippen molar-refractivity contribution in [3.05, 3.63) is 22.9 Å². The molecule has 0 saturated carbocycles. The molecule has 4 rings (SSSR count). The second-order valence-electron chi connectivity index (χ2n) is 7.00. The van der Waals surface area contributed by atoms with Crippen LogP contribution < -0.4 is 11.4 Å². The van der Waals surface area contributed by atoms with Crippen LogP contribution in [-0.2, 0) is 6.54 Å². The van der Waals surface area contributed by atoms with Crippen molar-refractivity contribution in [3.63, 3.8) is 0 Å². The molecule has 3 aromatic heterocycles.